The molecule has 0 saturated heterocycles. The van der Waals surface area contributed by atoms with E-state index in [-0.39, 0.29) is 5.92 Å². The lowest BCUT2D eigenvalue weighted by atomic mass is 10.0. The van der Waals surface area contributed by atoms with Gasteiger partial charge >= 0.3 is 0 Å². The third-order valence-corrected chi connectivity index (χ3v) is 3.12. The maximum Gasteiger partial charge on any atom is 0.135 e. The summed E-state index contributed by atoms with van der Waals surface area (Å²) in [5.74, 6) is 2.14. The lowest BCUT2D eigenvalue weighted by Gasteiger charge is -2.23. The SMILES string of the molecule is CCC(C)(O)CNc1nc(C(C)C)nc(N)c1C. The smallest absolute Gasteiger partial charge is 0.135 e. The van der Waals surface area contributed by atoms with Crippen molar-refractivity contribution in [3.63, 3.8) is 0 Å². The molecule has 0 aliphatic rings. The van der Waals surface area contributed by atoms with Crippen LogP contribution in [0, 0.1) is 6.92 Å². The predicted octanol–water partition coefficient (Wildman–Crippen LogP) is 2.06. The summed E-state index contributed by atoms with van der Waals surface area (Å²) in [7, 11) is 0. The molecule has 1 atom stereocenters. The highest BCUT2D eigenvalue weighted by Crippen LogP contribution is 2.21. The molecule has 102 valence electrons. The fourth-order valence-corrected chi connectivity index (χ4v) is 1.38. The minimum Gasteiger partial charge on any atom is -0.388 e. The topological polar surface area (TPSA) is 84.1 Å². The first kappa shape index (κ1) is 14.7. The molecule has 5 heteroatoms. The second-order valence-electron chi connectivity index (χ2n) is 5.30. The second-order valence-corrected chi connectivity index (χ2v) is 5.30. The van der Waals surface area contributed by atoms with Crippen molar-refractivity contribution in [1.29, 1.82) is 0 Å². The summed E-state index contributed by atoms with van der Waals surface area (Å²) in [6, 6.07) is 0. The molecular weight excluding hydrogens is 228 g/mol. The molecule has 0 aromatic carbocycles. The minimum atomic E-state index is -0.746. The van der Waals surface area contributed by atoms with Gasteiger partial charge in [0.15, 0.2) is 0 Å². The van der Waals surface area contributed by atoms with Gasteiger partial charge in [-0.05, 0) is 20.3 Å². The molecular formula is C13H24N4O. The van der Waals surface area contributed by atoms with Crippen LogP contribution in [-0.2, 0) is 0 Å². The number of aromatic nitrogens is 2. The van der Waals surface area contributed by atoms with E-state index in [2.05, 4.69) is 15.3 Å². The number of nitrogens with two attached hydrogens (primary N) is 1. The van der Waals surface area contributed by atoms with Crippen LogP contribution in [0.2, 0.25) is 0 Å². The molecule has 0 radical (unpaired) electrons. The second kappa shape index (κ2) is 5.52. The molecule has 18 heavy (non-hydrogen) atoms. The van der Waals surface area contributed by atoms with Gasteiger partial charge in [-0.3, -0.25) is 0 Å². The van der Waals surface area contributed by atoms with Crippen LogP contribution in [0.15, 0.2) is 0 Å². The first-order chi connectivity index (χ1) is 8.26. The Kier molecular flexibility index (Phi) is 4.51. The summed E-state index contributed by atoms with van der Waals surface area (Å²) in [6.07, 6.45) is 0.677. The molecule has 0 fully saturated rings. The van der Waals surface area contributed by atoms with Crippen LogP contribution < -0.4 is 11.1 Å². The molecule has 0 bridgehead atoms. The van der Waals surface area contributed by atoms with Crippen LogP contribution in [0.3, 0.4) is 0 Å². The Bertz CT molecular complexity index is 416. The van der Waals surface area contributed by atoms with Gasteiger partial charge in [0.05, 0.1) is 5.60 Å². The fourth-order valence-electron chi connectivity index (χ4n) is 1.38. The average molecular weight is 252 g/mol. The molecule has 0 aliphatic carbocycles. The highest BCUT2D eigenvalue weighted by molar-refractivity contribution is 5.55. The van der Waals surface area contributed by atoms with Crippen molar-refractivity contribution in [2.24, 2.45) is 0 Å². The molecule has 1 aromatic heterocycles. The Labute approximate surface area is 109 Å². The molecule has 0 spiro atoms. The van der Waals surface area contributed by atoms with E-state index in [0.717, 1.165) is 11.4 Å². The number of nitrogen functional groups attached to an aromatic ring is 1. The maximum absolute atomic E-state index is 9.99. The summed E-state index contributed by atoms with van der Waals surface area (Å²) >= 11 is 0. The van der Waals surface area contributed by atoms with Crippen LogP contribution in [0.1, 0.15) is 51.4 Å². The lowest BCUT2D eigenvalue weighted by Crippen LogP contribution is -2.33. The predicted molar refractivity (Wildman–Crippen MR) is 74.7 cm³/mol. The van der Waals surface area contributed by atoms with Crippen LogP contribution >= 0.6 is 0 Å². The van der Waals surface area contributed by atoms with E-state index in [1.165, 1.54) is 0 Å². The zero-order valence-electron chi connectivity index (χ0n) is 11.9. The number of aliphatic hydroxyl groups is 1. The van der Waals surface area contributed by atoms with Crippen molar-refractivity contribution >= 4 is 11.6 Å². The van der Waals surface area contributed by atoms with Gasteiger partial charge in [-0.25, -0.2) is 9.97 Å². The number of nitrogens with zero attached hydrogens (tertiary/aromatic N) is 2. The first-order valence-electron chi connectivity index (χ1n) is 6.37. The van der Waals surface area contributed by atoms with Crippen molar-refractivity contribution < 1.29 is 5.11 Å². The van der Waals surface area contributed by atoms with Gasteiger partial charge in [0.25, 0.3) is 0 Å². The Morgan fingerprint density at radius 1 is 1.39 bits per heavy atom. The van der Waals surface area contributed by atoms with Gasteiger partial charge in [-0.1, -0.05) is 20.8 Å². The molecule has 1 heterocycles. The zero-order chi connectivity index (χ0) is 13.9. The molecule has 5 nitrogen and oxygen atoms in total. The van der Waals surface area contributed by atoms with Crippen LogP contribution in [0.25, 0.3) is 0 Å². The van der Waals surface area contributed by atoms with Gasteiger partial charge < -0.3 is 16.2 Å². The van der Waals surface area contributed by atoms with Crippen molar-refractivity contribution in [2.75, 3.05) is 17.6 Å². The number of nitrogens with one attached hydrogen (secondary N) is 1. The highest BCUT2D eigenvalue weighted by atomic mass is 16.3. The standard InChI is InChI=1S/C13H24N4O/c1-6-13(5,18)7-15-12-9(4)10(14)16-11(17-12)8(2)3/h8,18H,6-7H2,1-5H3,(H3,14,15,16,17). The van der Waals surface area contributed by atoms with E-state index < -0.39 is 5.60 Å². The van der Waals surface area contributed by atoms with E-state index in [0.29, 0.717) is 24.6 Å². The van der Waals surface area contributed by atoms with Crippen molar-refractivity contribution in [3.05, 3.63) is 11.4 Å². The van der Waals surface area contributed by atoms with Crippen molar-refractivity contribution in [2.45, 2.75) is 52.6 Å². The number of hydrogen-bond acceptors (Lipinski definition) is 5. The molecule has 1 unspecified atom stereocenters. The number of rotatable bonds is 5. The number of anilines is 2. The van der Waals surface area contributed by atoms with E-state index in [1.54, 1.807) is 6.92 Å². The molecule has 1 rings (SSSR count). The minimum absolute atomic E-state index is 0.222. The van der Waals surface area contributed by atoms with Gasteiger partial charge in [0, 0.05) is 18.0 Å². The number of hydrogen-bond donors (Lipinski definition) is 3. The van der Waals surface area contributed by atoms with Gasteiger partial charge in [-0.15, -0.1) is 0 Å². The molecule has 1 aromatic rings. The monoisotopic (exact) mass is 252 g/mol. The Hall–Kier alpha value is -1.36. The fraction of sp³-hybridized carbons (Fsp3) is 0.692. The normalized spacial score (nSPS) is 14.6. The quantitative estimate of drug-likeness (QED) is 0.747. The van der Waals surface area contributed by atoms with Crippen LogP contribution in [0.4, 0.5) is 11.6 Å². The lowest BCUT2D eigenvalue weighted by molar-refractivity contribution is 0.0696. The third-order valence-electron chi connectivity index (χ3n) is 3.12. The summed E-state index contributed by atoms with van der Waals surface area (Å²) < 4.78 is 0. The Balaban J connectivity index is 2.94. The molecule has 0 aliphatic heterocycles. The summed E-state index contributed by atoms with van der Waals surface area (Å²) in [5, 5.41) is 13.1. The molecule has 0 saturated carbocycles. The van der Waals surface area contributed by atoms with Gasteiger partial charge in [-0.2, -0.15) is 0 Å². The Morgan fingerprint density at radius 2 is 2.00 bits per heavy atom. The summed E-state index contributed by atoms with van der Waals surface area (Å²) in [6.45, 7) is 10.1. The largest absolute Gasteiger partial charge is 0.388 e. The zero-order valence-corrected chi connectivity index (χ0v) is 11.9. The van der Waals surface area contributed by atoms with E-state index >= 15 is 0 Å². The summed E-state index contributed by atoms with van der Waals surface area (Å²) in [4.78, 5) is 8.72. The molecule has 0 amide bonds. The average Bonchev–Trinajstić information content (AvgIpc) is 2.30. The van der Waals surface area contributed by atoms with E-state index in [1.807, 2.05) is 27.7 Å². The van der Waals surface area contributed by atoms with Gasteiger partial charge in [0.2, 0.25) is 0 Å². The van der Waals surface area contributed by atoms with Crippen molar-refractivity contribution in [3.8, 4) is 0 Å². The van der Waals surface area contributed by atoms with E-state index in [9.17, 15) is 5.11 Å². The first-order valence-corrected chi connectivity index (χ1v) is 6.37. The molecule has 4 N–H and O–H groups in total. The maximum atomic E-state index is 9.99. The summed E-state index contributed by atoms with van der Waals surface area (Å²) in [5.41, 5.74) is 5.96. The van der Waals surface area contributed by atoms with E-state index in [4.69, 9.17) is 5.73 Å². The van der Waals surface area contributed by atoms with Crippen molar-refractivity contribution in [1.82, 2.24) is 9.97 Å². The van der Waals surface area contributed by atoms with Crippen LogP contribution in [0.5, 0.6) is 0 Å². The highest BCUT2D eigenvalue weighted by Gasteiger charge is 2.19. The van der Waals surface area contributed by atoms with Crippen LogP contribution in [-0.4, -0.2) is 27.2 Å². The van der Waals surface area contributed by atoms with Gasteiger partial charge in [0.1, 0.15) is 17.5 Å². The Morgan fingerprint density at radius 3 is 2.50 bits per heavy atom. The third kappa shape index (κ3) is 3.57.